The van der Waals surface area contributed by atoms with E-state index < -0.39 is 77.8 Å². The molecule has 65 heavy (non-hydrogen) atoms. The molecule has 4 rings (SSSR count). The minimum Gasteiger partial charge on any atom is -0.460 e. The number of carbonyl (C=O) groups excluding carboxylic acids is 5. The molecule has 3 fully saturated rings. The van der Waals surface area contributed by atoms with E-state index in [1.807, 2.05) is 58.1 Å². The van der Waals surface area contributed by atoms with Crippen molar-refractivity contribution < 1.29 is 57.9 Å². The third-order valence-electron chi connectivity index (χ3n) is 14.8. The summed E-state index contributed by atoms with van der Waals surface area (Å²) in [7, 11) is 4.70. The van der Waals surface area contributed by atoms with Crippen LogP contribution in [-0.2, 0) is 47.7 Å². The number of piperidine rings is 1. The van der Waals surface area contributed by atoms with E-state index in [9.17, 15) is 34.2 Å². The van der Waals surface area contributed by atoms with Gasteiger partial charge in [0.05, 0.1) is 18.3 Å². The summed E-state index contributed by atoms with van der Waals surface area (Å²) in [5.74, 6) is -7.07. The van der Waals surface area contributed by atoms with Crippen LogP contribution in [-0.4, -0.2) is 121 Å². The topological polar surface area (TPSA) is 175 Å². The van der Waals surface area contributed by atoms with Gasteiger partial charge in [0.1, 0.15) is 30.1 Å². The van der Waals surface area contributed by atoms with Gasteiger partial charge in [0.25, 0.3) is 11.7 Å². The number of hydrogen-bond acceptors (Lipinski definition) is 12. The fourth-order valence-electron chi connectivity index (χ4n) is 10.4. The van der Waals surface area contributed by atoms with Crippen molar-refractivity contribution in [2.75, 3.05) is 27.9 Å². The molecule has 1 saturated carbocycles. The Morgan fingerprint density at radius 1 is 0.846 bits per heavy atom. The van der Waals surface area contributed by atoms with Gasteiger partial charge in [-0.2, -0.15) is 0 Å². The lowest BCUT2D eigenvalue weighted by atomic mass is 9.76. The molecule has 3 aliphatic heterocycles. The van der Waals surface area contributed by atoms with E-state index in [2.05, 4.69) is 6.92 Å². The highest BCUT2D eigenvalue weighted by molar-refractivity contribution is 6.39. The van der Waals surface area contributed by atoms with Gasteiger partial charge in [-0.3, -0.25) is 19.2 Å². The van der Waals surface area contributed by atoms with Crippen LogP contribution in [0.4, 0.5) is 0 Å². The molecule has 1 aliphatic carbocycles. The number of aliphatic hydroxyl groups excluding tert-OH is 1. The molecule has 13 nitrogen and oxygen atoms in total. The van der Waals surface area contributed by atoms with E-state index in [1.165, 1.54) is 12.0 Å². The molecule has 0 aromatic carbocycles. The first kappa shape index (κ1) is 54.3. The molecule has 366 valence electrons. The van der Waals surface area contributed by atoms with Crippen molar-refractivity contribution >= 4 is 29.2 Å². The Bertz CT molecular complexity index is 1750. The number of ketones is 3. The minimum absolute atomic E-state index is 0.0304. The predicted octanol–water partition coefficient (Wildman–Crippen LogP) is 7.46. The second kappa shape index (κ2) is 25.2. The molecule has 2 N–H and O–H groups in total. The average Bonchev–Trinajstić information content (AvgIpc) is 3.28. The van der Waals surface area contributed by atoms with Crippen LogP contribution in [0.5, 0.6) is 0 Å². The molecule has 2 unspecified atom stereocenters. The van der Waals surface area contributed by atoms with Gasteiger partial charge in [0.2, 0.25) is 5.79 Å². The van der Waals surface area contributed by atoms with Crippen molar-refractivity contribution in [3.63, 3.8) is 0 Å². The third kappa shape index (κ3) is 14.3. The first-order valence-electron chi connectivity index (χ1n) is 24.2. The van der Waals surface area contributed by atoms with Crippen LogP contribution in [0.15, 0.2) is 47.6 Å². The van der Waals surface area contributed by atoms with Crippen molar-refractivity contribution in [1.29, 1.82) is 0 Å². The predicted molar refractivity (Wildman–Crippen MR) is 248 cm³/mol. The number of methoxy groups -OCH3 is 3. The molecule has 4 aliphatic rings. The van der Waals surface area contributed by atoms with Gasteiger partial charge in [-0.15, -0.1) is 0 Å². The molecule has 3 heterocycles. The molecule has 0 spiro atoms. The van der Waals surface area contributed by atoms with E-state index in [0.29, 0.717) is 56.4 Å². The molecule has 2 bridgehead atoms. The van der Waals surface area contributed by atoms with Gasteiger partial charge in [-0.25, -0.2) is 4.79 Å². The summed E-state index contributed by atoms with van der Waals surface area (Å²) in [6, 6.07) is -1.11. The van der Waals surface area contributed by atoms with Gasteiger partial charge in [-0.1, -0.05) is 78.0 Å². The van der Waals surface area contributed by atoms with Crippen molar-refractivity contribution in [3.05, 3.63) is 47.6 Å². The fourth-order valence-corrected chi connectivity index (χ4v) is 10.4. The van der Waals surface area contributed by atoms with Crippen LogP contribution < -0.4 is 0 Å². The summed E-state index contributed by atoms with van der Waals surface area (Å²) in [4.78, 5) is 71.9. The Morgan fingerprint density at radius 3 is 2.25 bits per heavy atom. The number of Topliss-reactive ketones (excluding diaryl/α,β-unsaturated/α-hetero) is 3. The minimum atomic E-state index is -2.41. The first-order valence-corrected chi connectivity index (χ1v) is 24.2. The fraction of sp³-hybridized carbons (Fsp3) is 0.750. The van der Waals surface area contributed by atoms with Gasteiger partial charge < -0.3 is 38.8 Å². The van der Waals surface area contributed by atoms with E-state index in [1.54, 1.807) is 41.1 Å². The molecular formula is C52H81NO12. The summed E-state index contributed by atoms with van der Waals surface area (Å²) in [6.45, 7) is 15.1. The standard InChI is InChI=1S/C52H81NO12/c1-31-17-13-12-14-18-32(2)44(62-10)29-40-23-21-38(8)52(60,65-40)49(57)50(58)53-24-16-15-19-41(53)51(59)64-45(35(5)27-39-22-20-33(3)43(28-39)61-9)30-42(54)34(4)26-37(7)47(56)48(63-11)46(55)36(6)25-31/h12-14,17-18,26,31,33-36,38-41,43-45,47-48,56,60H,15-16,19-25,27-30H2,1-11H3/b14-12+,17-13+,32-18+,37-26+/t31-,33?,34-,35-,36-,38-,39+,40+,41?,43-,44+,45+,47-,48+,52-/m1/s1. The quantitative estimate of drug-likeness (QED) is 0.153. The van der Waals surface area contributed by atoms with E-state index in [-0.39, 0.29) is 54.8 Å². The second-order valence-corrected chi connectivity index (χ2v) is 20.0. The number of cyclic esters (lactones) is 1. The number of amides is 1. The first-order chi connectivity index (χ1) is 30.7. The number of rotatable bonds is 6. The number of nitrogens with zero attached hydrogens (tertiary/aromatic N) is 1. The lowest BCUT2D eigenvalue weighted by Gasteiger charge is -2.42. The number of carbonyl (C=O) groups is 5. The molecule has 13 heteroatoms. The molecule has 15 atom stereocenters. The number of hydrogen-bond donors (Lipinski definition) is 2. The zero-order chi connectivity index (χ0) is 48.2. The maximum atomic E-state index is 14.4. The van der Waals surface area contributed by atoms with Crippen molar-refractivity contribution in [2.24, 2.45) is 41.4 Å². The van der Waals surface area contributed by atoms with Crippen molar-refractivity contribution in [2.45, 2.75) is 181 Å². The Morgan fingerprint density at radius 2 is 1.57 bits per heavy atom. The highest BCUT2D eigenvalue weighted by atomic mass is 16.6. The highest BCUT2D eigenvalue weighted by Crippen LogP contribution is 2.38. The molecule has 1 amide bonds. The zero-order valence-corrected chi connectivity index (χ0v) is 41.2. The molecule has 0 aromatic heterocycles. The van der Waals surface area contributed by atoms with E-state index in [4.69, 9.17) is 23.7 Å². The van der Waals surface area contributed by atoms with Crippen LogP contribution in [0.2, 0.25) is 0 Å². The molecular weight excluding hydrogens is 831 g/mol. The largest absolute Gasteiger partial charge is 0.460 e. The normalized spacial score (nSPS) is 40.4. The molecule has 0 radical (unpaired) electrons. The van der Waals surface area contributed by atoms with Crippen molar-refractivity contribution in [3.8, 4) is 0 Å². The average molecular weight is 912 g/mol. The number of allylic oxidation sites excluding steroid dienone is 6. The van der Waals surface area contributed by atoms with Gasteiger partial charge in [-0.05, 0) is 113 Å². The van der Waals surface area contributed by atoms with Gasteiger partial charge in [0.15, 0.2) is 5.78 Å². The molecule has 0 aromatic rings. The lowest BCUT2D eigenvalue weighted by molar-refractivity contribution is -0.265. The summed E-state index contributed by atoms with van der Waals surface area (Å²) in [5, 5.41) is 23.4. The summed E-state index contributed by atoms with van der Waals surface area (Å²) in [6.07, 6.45) is 13.6. The van der Waals surface area contributed by atoms with Gasteiger partial charge in [0, 0.05) is 58.5 Å². The summed E-state index contributed by atoms with van der Waals surface area (Å²) < 4.78 is 29.7. The lowest BCUT2D eigenvalue weighted by Crippen LogP contribution is -2.61. The van der Waals surface area contributed by atoms with Crippen LogP contribution in [0.1, 0.15) is 132 Å². The smallest absolute Gasteiger partial charge is 0.329 e. The maximum Gasteiger partial charge on any atom is 0.329 e. The van der Waals surface area contributed by atoms with Gasteiger partial charge >= 0.3 is 5.97 Å². The summed E-state index contributed by atoms with van der Waals surface area (Å²) >= 11 is 0. The Labute approximate surface area is 388 Å². The second-order valence-electron chi connectivity index (χ2n) is 20.0. The molecule has 2 saturated heterocycles. The Kier molecular flexibility index (Phi) is 21.0. The van der Waals surface area contributed by atoms with Crippen LogP contribution in [0.25, 0.3) is 0 Å². The number of esters is 1. The zero-order valence-electron chi connectivity index (χ0n) is 41.2. The van der Waals surface area contributed by atoms with Crippen molar-refractivity contribution in [1.82, 2.24) is 4.90 Å². The number of ether oxygens (including phenoxy) is 5. The van der Waals surface area contributed by atoms with Crippen LogP contribution in [0.3, 0.4) is 0 Å². The highest BCUT2D eigenvalue weighted by Gasteiger charge is 2.53. The number of fused-ring (bicyclic) bond motifs is 3. The third-order valence-corrected chi connectivity index (χ3v) is 14.8. The van der Waals surface area contributed by atoms with Crippen LogP contribution in [0, 0.1) is 41.4 Å². The summed E-state index contributed by atoms with van der Waals surface area (Å²) in [5.41, 5.74) is 1.30. The van der Waals surface area contributed by atoms with Crippen LogP contribution >= 0.6 is 0 Å². The Balaban J connectivity index is 1.70. The van der Waals surface area contributed by atoms with E-state index in [0.717, 1.165) is 24.8 Å². The van der Waals surface area contributed by atoms with E-state index >= 15 is 0 Å². The maximum absolute atomic E-state index is 14.4. The Hall–Kier alpha value is -3.33. The SMILES string of the molecule is CO[C@H]1C[C@@H]2CC[C@@H](C)[C@@](O)(O2)C(=O)C(=O)N2CCCCC2C(=O)O[C@H]([C@H](C)C[C@@H]2CCC(C)[C@H](OC)C2)CC(=O)[C@H](C)/C=C(\C)[C@@H](O)[C@@H](OC)C(=O)[C@H](C)C[C@H](C)/C=C/C=C/C=C/1C. The monoisotopic (exact) mass is 912 g/mol. The number of aliphatic hydroxyl groups is 2.